The van der Waals surface area contributed by atoms with E-state index >= 15 is 0 Å². The molecule has 3 aromatic rings. The molecule has 0 atom stereocenters. The van der Waals surface area contributed by atoms with Crippen LogP contribution in [0, 0.1) is 12.7 Å². The molecule has 0 bridgehead atoms. The van der Waals surface area contributed by atoms with E-state index in [1.807, 2.05) is 24.3 Å². The summed E-state index contributed by atoms with van der Waals surface area (Å²) in [5.41, 5.74) is 1.96. The summed E-state index contributed by atoms with van der Waals surface area (Å²) in [6, 6.07) is 15.7. The zero-order valence-corrected chi connectivity index (χ0v) is 16.8. The Morgan fingerprint density at radius 2 is 1.79 bits per heavy atom. The fraction of sp³-hybridized carbons (Fsp3) is 0.0435. The lowest BCUT2D eigenvalue weighted by Gasteiger charge is -2.10. The first kappa shape index (κ1) is 19.1. The van der Waals surface area contributed by atoms with Crippen molar-refractivity contribution in [2.75, 3.05) is 0 Å². The van der Waals surface area contributed by atoms with Crippen LogP contribution in [0.15, 0.2) is 70.9 Å². The first-order valence-corrected chi connectivity index (χ1v) is 9.53. The van der Waals surface area contributed by atoms with Crippen molar-refractivity contribution in [2.24, 2.45) is 0 Å². The molecule has 0 aromatic heterocycles. The molecule has 1 heterocycles. The van der Waals surface area contributed by atoms with Gasteiger partial charge in [0.05, 0.1) is 11.1 Å². The van der Waals surface area contributed by atoms with Crippen LogP contribution in [0.5, 0.6) is 11.5 Å². The van der Waals surface area contributed by atoms with Crippen LogP contribution in [-0.4, -0.2) is 11.8 Å². The molecule has 0 fully saturated rings. The standard InChI is InChI=1S/C23H14BrFO4/c1-13-19(29-23(27)14-6-8-16(25)9-7-14)11-10-17-21(26)20(28-22(13)17)12-15-4-2-3-5-18(15)24/h2-12H,1H3/b20-12-. The second-order valence-corrected chi connectivity index (χ2v) is 7.28. The van der Waals surface area contributed by atoms with Crippen molar-refractivity contribution in [3.05, 3.63) is 99.0 Å². The van der Waals surface area contributed by atoms with E-state index in [1.54, 1.807) is 25.1 Å². The summed E-state index contributed by atoms with van der Waals surface area (Å²) in [5, 5.41) is 0. The van der Waals surface area contributed by atoms with Crippen LogP contribution in [0.1, 0.15) is 31.8 Å². The molecule has 144 valence electrons. The number of hydrogen-bond donors (Lipinski definition) is 0. The molecule has 4 nitrogen and oxygen atoms in total. The van der Waals surface area contributed by atoms with Gasteiger partial charge in [0.2, 0.25) is 5.78 Å². The van der Waals surface area contributed by atoms with Gasteiger partial charge in [0.1, 0.15) is 17.3 Å². The van der Waals surface area contributed by atoms with E-state index < -0.39 is 11.8 Å². The van der Waals surface area contributed by atoms with Gasteiger partial charge in [-0.2, -0.15) is 0 Å². The molecule has 0 amide bonds. The minimum atomic E-state index is -0.624. The van der Waals surface area contributed by atoms with Gasteiger partial charge in [0, 0.05) is 10.0 Å². The number of carbonyl (C=O) groups excluding carboxylic acids is 2. The number of esters is 1. The Morgan fingerprint density at radius 3 is 2.52 bits per heavy atom. The molecular weight excluding hydrogens is 439 g/mol. The zero-order chi connectivity index (χ0) is 20.5. The van der Waals surface area contributed by atoms with E-state index in [9.17, 15) is 14.0 Å². The zero-order valence-electron chi connectivity index (χ0n) is 15.2. The van der Waals surface area contributed by atoms with Crippen molar-refractivity contribution in [1.29, 1.82) is 0 Å². The molecule has 0 aliphatic carbocycles. The fourth-order valence-corrected chi connectivity index (χ4v) is 3.36. The third-order valence-corrected chi connectivity index (χ3v) is 5.23. The van der Waals surface area contributed by atoms with Gasteiger partial charge in [0.25, 0.3) is 0 Å². The molecule has 0 saturated carbocycles. The molecule has 1 aliphatic rings. The van der Waals surface area contributed by atoms with Crippen molar-refractivity contribution >= 4 is 33.8 Å². The van der Waals surface area contributed by atoms with Gasteiger partial charge < -0.3 is 9.47 Å². The number of fused-ring (bicyclic) bond motifs is 1. The van der Waals surface area contributed by atoms with Crippen molar-refractivity contribution in [2.45, 2.75) is 6.92 Å². The van der Waals surface area contributed by atoms with Crippen molar-refractivity contribution in [1.82, 2.24) is 0 Å². The number of carbonyl (C=O) groups is 2. The third-order valence-electron chi connectivity index (χ3n) is 4.51. The van der Waals surface area contributed by atoms with Crippen LogP contribution in [0.3, 0.4) is 0 Å². The van der Waals surface area contributed by atoms with Gasteiger partial charge in [-0.1, -0.05) is 34.1 Å². The number of benzene rings is 3. The molecule has 0 saturated heterocycles. The number of Topliss-reactive ketones (excluding diaryl/α,β-unsaturated/α-hetero) is 1. The van der Waals surface area contributed by atoms with E-state index in [0.717, 1.165) is 10.0 Å². The highest BCUT2D eigenvalue weighted by atomic mass is 79.9. The average Bonchev–Trinajstić information content (AvgIpc) is 3.03. The van der Waals surface area contributed by atoms with Gasteiger partial charge in [-0.3, -0.25) is 4.79 Å². The lowest BCUT2D eigenvalue weighted by molar-refractivity contribution is 0.0733. The van der Waals surface area contributed by atoms with E-state index in [-0.39, 0.29) is 22.9 Å². The van der Waals surface area contributed by atoms with E-state index in [4.69, 9.17) is 9.47 Å². The largest absolute Gasteiger partial charge is 0.452 e. The number of ether oxygens (including phenoxy) is 2. The molecule has 0 N–H and O–H groups in total. The maximum atomic E-state index is 13.0. The fourth-order valence-electron chi connectivity index (χ4n) is 2.96. The highest BCUT2D eigenvalue weighted by Gasteiger charge is 2.30. The van der Waals surface area contributed by atoms with Crippen LogP contribution in [0.4, 0.5) is 4.39 Å². The summed E-state index contributed by atoms with van der Waals surface area (Å²) >= 11 is 3.45. The van der Waals surface area contributed by atoms with Gasteiger partial charge in [-0.05, 0) is 61.0 Å². The van der Waals surface area contributed by atoms with E-state index in [2.05, 4.69) is 15.9 Å². The minimum Gasteiger partial charge on any atom is -0.452 e. The van der Waals surface area contributed by atoms with E-state index in [1.165, 1.54) is 24.3 Å². The first-order chi connectivity index (χ1) is 13.9. The molecule has 0 radical (unpaired) electrons. The number of ketones is 1. The summed E-state index contributed by atoms with van der Waals surface area (Å²) in [6.07, 6.45) is 1.66. The highest BCUT2D eigenvalue weighted by molar-refractivity contribution is 9.10. The highest BCUT2D eigenvalue weighted by Crippen LogP contribution is 2.39. The smallest absolute Gasteiger partial charge is 0.343 e. The molecule has 29 heavy (non-hydrogen) atoms. The molecule has 0 spiro atoms. The summed E-state index contributed by atoms with van der Waals surface area (Å²) in [5.74, 6) is -0.481. The molecule has 3 aromatic carbocycles. The number of halogens is 2. The Labute approximate surface area is 174 Å². The van der Waals surface area contributed by atoms with Crippen LogP contribution < -0.4 is 9.47 Å². The summed E-state index contributed by atoms with van der Waals surface area (Å²) < 4.78 is 25.1. The molecular formula is C23H14BrFO4. The topological polar surface area (TPSA) is 52.6 Å². The Morgan fingerprint density at radius 1 is 1.07 bits per heavy atom. The van der Waals surface area contributed by atoms with Crippen molar-refractivity contribution in [3.63, 3.8) is 0 Å². The average molecular weight is 453 g/mol. The Bertz CT molecular complexity index is 1170. The van der Waals surface area contributed by atoms with Crippen LogP contribution in [0.2, 0.25) is 0 Å². The normalized spacial score (nSPS) is 13.9. The summed E-state index contributed by atoms with van der Waals surface area (Å²) in [4.78, 5) is 25.0. The lowest BCUT2D eigenvalue weighted by atomic mass is 10.1. The van der Waals surface area contributed by atoms with Gasteiger partial charge in [0.15, 0.2) is 5.76 Å². The van der Waals surface area contributed by atoms with Gasteiger partial charge in [-0.25, -0.2) is 9.18 Å². The molecule has 6 heteroatoms. The molecule has 1 aliphatic heterocycles. The Hall–Kier alpha value is -3.25. The van der Waals surface area contributed by atoms with Gasteiger partial charge in [-0.15, -0.1) is 0 Å². The predicted octanol–water partition coefficient (Wildman–Crippen LogP) is 5.73. The van der Waals surface area contributed by atoms with E-state index in [0.29, 0.717) is 16.9 Å². The third kappa shape index (κ3) is 3.71. The second-order valence-electron chi connectivity index (χ2n) is 6.42. The summed E-state index contributed by atoms with van der Waals surface area (Å²) in [6.45, 7) is 1.71. The first-order valence-electron chi connectivity index (χ1n) is 8.74. The van der Waals surface area contributed by atoms with Crippen molar-refractivity contribution < 1.29 is 23.5 Å². The summed E-state index contributed by atoms with van der Waals surface area (Å²) in [7, 11) is 0. The minimum absolute atomic E-state index is 0.192. The van der Waals surface area contributed by atoms with Gasteiger partial charge >= 0.3 is 5.97 Å². The molecule has 4 rings (SSSR count). The maximum absolute atomic E-state index is 13.0. The van der Waals surface area contributed by atoms with Crippen LogP contribution >= 0.6 is 15.9 Å². The maximum Gasteiger partial charge on any atom is 0.343 e. The predicted molar refractivity (Wildman–Crippen MR) is 110 cm³/mol. The van der Waals surface area contributed by atoms with Crippen LogP contribution in [0.25, 0.3) is 6.08 Å². The Balaban J connectivity index is 1.62. The Kier molecular flexibility index (Phi) is 5.03. The monoisotopic (exact) mass is 452 g/mol. The van der Waals surface area contributed by atoms with Crippen LogP contribution in [-0.2, 0) is 0 Å². The second kappa shape index (κ2) is 7.64. The number of hydrogen-bond acceptors (Lipinski definition) is 4. The lowest BCUT2D eigenvalue weighted by Crippen LogP contribution is -2.09. The number of allylic oxidation sites excluding steroid dienone is 1. The SMILES string of the molecule is Cc1c(OC(=O)c2ccc(F)cc2)ccc2c1O/C(=C\c1ccccc1Br)C2=O. The number of rotatable bonds is 3. The van der Waals surface area contributed by atoms with Crippen molar-refractivity contribution in [3.8, 4) is 11.5 Å². The quantitative estimate of drug-likeness (QED) is 0.289. The molecule has 0 unspecified atom stereocenters.